The van der Waals surface area contributed by atoms with Crippen LogP contribution in [0.25, 0.3) is 0 Å². The van der Waals surface area contributed by atoms with Gasteiger partial charge in [-0.2, -0.15) is 0 Å². The molecule has 256 valence electrons. The zero-order valence-electron chi connectivity index (χ0n) is 29.3. The maximum absolute atomic E-state index is 12.1. The topological polar surface area (TPSA) is 196 Å². The fraction of sp³-hybridized carbons (Fsp3) is 0.812. The average molecular weight is 618 g/mol. The first kappa shape index (κ1) is 50.0. The predicted molar refractivity (Wildman–Crippen MR) is 177 cm³/mol. The Hall–Kier alpha value is -2.66. The molecule has 11 heteroatoms. The molecule has 0 heterocycles. The van der Waals surface area contributed by atoms with E-state index in [2.05, 4.69) is 33.0 Å². The molecule has 0 aromatic heterocycles. The number of primary amides is 1. The van der Waals surface area contributed by atoms with Crippen molar-refractivity contribution in [1.82, 2.24) is 10.2 Å². The molecule has 2 atom stereocenters. The van der Waals surface area contributed by atoms with Crippen molar-refractivity contribution in [2.24, 2.45) is 28.5 Å². The fourth-order valence-corrected chi connectivity index (χ4v) is 3.22. The molecule has 0 aromatic carbocycles. The molecule has 11 nitrogen and oxygen atoms in total. The van der Waals surface area contributed by atoms with E-state index in [1.54, 1.807) is 11.8 Å². The molecule has 0 saturated carbocycles. The second-order valence-corrected chi connectivity index (χ2v) is 11.3. The third-order valence-corrected chi connectivity index (χ3v) is 6.28. The minimum atomic E-state index is -1.01. The van der Waals surface area contributed by atoms with Crippen LogP contribution in [-0.2, 0) is 28.8 Å². The summed E-state index contributed by atoms with van der Waals surface area (Å²) in [5.74, 6) is -1.83. The summed E-state index contributed by atoms with van der Waals surface area (Å²) in [5.41, 5.74) is 15.6. The minimum Gasteiger partial charge on any atom is -0.363 e. The summed E-state index contributed by atoms with van der Waals surface area (Å²) in [7, 11) is 0. The number of nitrogens with one attached hydrogen (secondary N) is 1. The lowest BCUT2D eigenvalue weighted by Gasteiger charge is -2.23. The van der Waals surface area contributed by atoms with Gasteiger partial charge in [-0.05, 0) is 39.0 Å². The van der Waals surface area contributed by atoms with E-state index < -0.39 is 17.7 Å². The van der Waals surface area contributed by atoms with Crippen LogP contribution in [0.5, 0.6) is 0 Å². The highest BCUT2D eigenvalue weighted by Gasteiger charge is 2.25. The molecule has 0 spiro atoms. The second-order valence-electron chi connectivity index (χ2n) is 11.3. The number of carbonyl (C=O) groups excluding carboxylic acids is 6. The quantitative estimate of drug-likeness (QED) is 0.198. The van der Waals surface area contributed by atoms with Crippen LogP contribution in [0.3, 0.4) is 0 Å². The Morgan fingerprint density at radius 1 is 0.837 bits per heavy atom. The minimum absolute atomic E-state index is 0.0579. The number of Topliss-reactive ketones (excluding diaryl/α,β-unsaturated/α-hetero) is 2. The van der Waals surface area contributed by atoms with Gasteiger partial charge in [-0.15, -0.1) is 0 Å². The number of ketones is 2. The molecule has 3 amide bonds. The van der Waals surface area contributed by atoms with Crippen molar-refractivity contribution in [2.75, 3.05) is 19.6 Å². The van der Waals surface area contributed by atoms with E-state index in [4.69, 9.17) is 22.0 Å². The number of hydrogen-bond donors (Lipinski definition) is 4. The third kappa shape index (κ3) is 32.1. The first-order valence-corrected chi connectivity index (χ1v) is 15.6. The van der Waals surface area contributed by atoms with Crippen molar-refractivity contribution in [3.05, 3.63) is 0 Å². The predicted octanol–water partition coefficient (Wildman–Crippen LogP) is 3.93. The first-order chi connectivity index (χ1) is 19.9. The second kappa shape index (κ2) is 32.3. The van der Waals surface area contributed by atoms with Crippen LogP contribution in [0.4, 0.5) is 0 Å². The van der Waals surface area contributed by atoms with Crippen LogP contribution in [0.2, 0.25) is 0 Å². The molecule has 2 unspecified atom stereocenters. The molecular formula is C32H67N5O6. The highest BCUT2D eigenvalue weighted by Crippen LogP contribution is 2.17. The summed E-state index contributed by atoms with van der Waals surface area (Å²) in [6.45, 7) is 24.9. The lowest BCUT2D eigenvalue weighted by Crippen LogP contribution is -2.46. The zero-order chi connectivity index (χ0) is 35.2. The smallest absolute Gasteiger partial charge is 0.287 e. The van der Waals surface area contributed by atoms with E-state index in [9.17, 15) is 24.0 Å². The van der Waals surface area contributed by atoms with Gasteiger partial charge in [0, 0.05) is 32.5 Å². The van der Waals surface area contributed by atoms with Crippen LogP contribution in [0, 0.1) is 11.3 Å². The number of likely N-dealkylation sites (N-methyl/N-ethyl adjacent to an activating group) is 1. The SMILES string of the molecule is C=O.CC(=O)C(N)C(C)(C)C.CCCC.CCCCC(CCCC)C(=O)NC(C)C(=O)C(N)=O.CCN(CCN)C(C)=O. The third-order valence-electron chi connectivity index (χ3n) is 6.28. The summed E-state index contributed by atoms with van der Waals surface area (Å²) in [5, 5.41) is 2.59. The average Bonchev–Trinajstić information content (AvgIpc) is 2.95. The molecule has 0 aliphatic carbocycles. The highest BCUT2D eigenvalue weighted by molar-refractivity contribution is 6.37. The van der Waals surface area contributed by atoms with Crippen molar-refractivity contribution >= 4 is 36.1 Å². The molecule has 0 aliphatic heterocycles. The van der Waals surface area contributed by atoms with E-state index in [1.807, 2.05) is 34.5 Å². The van der Waals surface area contributed by atoms with Gasteiger partial charge in [-0.25, -0.2) is 0 Å². The number of carbonyl (C=O) groups is 6. The summed E-state index contributed by atoms with van der Waals surface area (Å²) < 4.78 is 0. The number of hydrogen-bond acceptors (Lipinski definition) is 8. The van der Waals surface area contributed by atoms with Gasteiger partial charge < -0.3 is 32.2 Å². The Morgan fingerprint density at radius 2 is 1.26 bits per heavy atom. The normalized spacial score (nSPS) is 11.3. The Labute approximate surface area is 262 Å². The lowest BCUT2D eigenvalue weighted by molar-refractivity contribution is -0.138. The van der Waals surface area contributed by atoms with Gasteiger partial charge in [0.05, 0.1) is 12.1 Å². The van der Waals surface area contributed by atoms with Crippen molar-refractivity contribution in [3.63, 3.8) is 0 Å². The van der Waals surface area contributed by atoms with Crippen LogP contribution < -0.4 is 22.5 Å². The number of unbranched alkanes of at least 4 members (excludes halogenated alkanes) is 3. The Morgan fingerprint density at radius 3 is 1.44 bits per heavy atom. The number of amides is 3. The van der Waals surface area contributed by atoms with E-state index in [1.165, 1.54) is 26.7 Å². The Kier molecular flexibility index (Phi) is 37.5. The monoisotopic (exact) mass is 618 g/mol. The molecule has 0 radical (unpaired) electrons. The lowest BCUT2D eigenvalue weighted by atomic mass is 9.85. The fourth-order valence-electron chi connectivity index (χ4n) is 3.22. The van der Waals surface area contributed by atoms with E-state index in [0.717, 1.165) is 45.1 Å². The molecule has 0 saturated heterocycles. The molecule has 0 aliphatic rings. The van der Waals surface area contributed by atoms with Crippen LogP contribution in [0.1, 0.15) is 128 Å². The van der Waals surface area contributed by atoms with Gasteiger partial charge in [0.25, 0.3) is 5.91 Å². The van der Waals surface area contributed by atoms with Crippen LogP contribution in [0.15, 0.2) is 0 Å². The van der Waals surface area contributed by atoms with Crippen LogP contribution in [-0.4, -0.2) is 72.7 Å². The van der Waals surface area contributed by atoms with E-state index in [-0.39, 0.29) is 35.0 Å². The standard InChI is InChI=1S/C14H26N2O3.C7H15NO.C6H14N2O.C4H10.CH2O/c1-4-6-8-11(9-7-5-2)14(19)16-10(3)12(17)13(15)18;1-5(9)6(8)7(2,3)4;1-3-8(5-4-7)6(2)9;1-3-4-2;1-2/h10-11H,4-9H2,1-3H3,(H2,15,18)(H,16,19);6H,8H2,1-4H3;3-5,7H2,1-2H3;3-4H2,1-2H3;1H2. The molecule has 43 heavy (non-hydrogen) atoms. The highest BCUT2D eigenvalue weighted by atomic mass is 16.2. The summed E-state index contributed by atoms with van der Waals surface area (Å²) >= 11 is 0. The van der Waals surface area contributed by atoms with Gasteiger partial charge in [-0.3, -0.25) is 24.0 Å². The van der Waals surface area contributed by atoms with Crippen molar-refractivity contribution in [3.8, 4) is 0 Å². The molecule has 0 rings (SSSR count). The number of nitrogens with two attached hydrogens (primary N) is 3. The van der Waals surface area contributed by atoms with Gasteiger partial charge in [0.2, 0.25) is 17.6 Å². The van der Waals surface area contributed by atoms with Gasteiger partial charge in [0.1, 0.15) is 12.6 Å². The molecular weight excluding hydrogens is 550 g/mol. The van der Waals surface area contributed by atoms with Gasteiger partial charge in [0.15, 0.2) is 0 Å². The van der Waals surface area contributed by atoms with Crippen LogP contribution >= 0.6 is 0 Å². The number of nitrogens with zero attached hydrogens (tertiary/aromatic N) is 1. The maximum Gasteiger partial charge on any atom is 0.287 e. The Balaban J connectivity index is -0.000000167. The summed E-state index contributed by atoms with van der Waals surface area (Å²) in [4.78, 5) is 65.2. The van der Waals surface area contributed by atoms with E-state index >= 15 is 0 Å². The zero-order valence-corrected chi connectivity index (χ0v) is 29.3. The summed E-state index contributed by atoms with van der Waals surface area (Å²) in [6, 6.07) is -1.16. The van der Waals surface area contributed by atoms with Crippen molar-refractivity contribution < 1.29 is 28.8 Å². The summed E-state index contributed by atoms with van der Waals surface area (Å²) in [6.07, 6.45) is 8.32. The molecule has 0 bridgehead atoms. The Bertz CT molecular complexity index is 730. The van der Waals surface area contributed by atoms with Gasteiger partial charge >= 0.3 is 0 Å². The molecule has 7 N–H and O–H groups in total. The van der Waals surface area contributed by atoms with Crippen molar-refractivity contribution in [1.29, 1.82) is 0 Å². The van der Waals surface area contributed by atoms with E-state index in [0.29, 0.717) is 13.1 Å². The molecule has 0 aromatic rings. The first-order valence-electron chi connectivity index (χ1n) is 15.6. The number of rotatable bonds is 15. The maximum atomic E-state index is 12.1. The molecule has 0 fully saturated rings. The van der Waals surface area contributed by atoms with Gasteiger partial charge in [-0.1, -0.05) is 87.0 Å². The largest absolute Gasteiger partial charge is 0.363 e. The van der Waals surface area contributed by atoms with Crippen molar-refractivity contribution in [2.45, 2.75) is 140 Å².